The van der Waals surface area contributed by atoms with E-state index in [4.69, 9.17) is 0 Å². The largest absolute Gasteiger partial charge is 0.383 e. The van der Waals surface area contributed by atoms with Crippen LogP contribution in [0.2, 0.25) is 0 Å². The van der Waals surface area contributed by atoms with Crippen molar-refractivity contribution in [1.82, 2.24) is 0 Å². The third-order valence-corrected chi connectivity index (χ3v) is 5.12. The minimum Gasteiger partial charge on any atom is -0.383 e. The van der Waals surface area contributed by atoms with Crippen molar-refractivity contribution in [1.29, 1.82) is 0 Å². The zero-order chi connectivity index (χ0) is 15.3. The van der Waals surface area contributed by atoms with Gasteiger partial charge in [0.15, 0.2) is 0 Å². The smallest absolute Gasteiger partial charge is 0.0628 e. The Bertz CT molecular complexity index is 359. The monoisotopic (exact) mass is 417 g/mol. The van der Waals surface area contributed by atoms with E-state index in [1.165, 1.54) is 69.9 Å². The van der Waals surface area contributed by atoms with Crippen LogP contribution in [0.3, 0.4) is 0 Å². The molecule has 0 unspecified atom stereocenters. The van der Waals surface area contributed by atoms with Gasteiger partial charge >= 0.3 is 0 Å². The second-order valence-corrected chi connectivity index (χ2v) is 7.41. The SMILES string of the molecule is CCCCCCCCCCCCNc1c(Br)cccc1Br. The molecule has 0 saturated carbocycles. The number of benzene rings is 1. The molecule has 0 heterocycles. The first-order valence-corrected chi connectivity index (χ1v) is 10.0. The maximum Gasteiger partial charge on any atom is 0.0628 e. The summed E-state index contributed by atoms with van der Waals surface area (Å²) in [5, 5.41) is 3.51. The van der Waals surface area contributed by atoms with Gasteiger partial charge in [0, 0.05) is 15.5 Å². The number of anilines is 1. The van der Waals surface area contributed by atoms with Crippen molar-refractivity contribution in [2.75, 3.05) is 11.9 Å². The van der Waals surface area contributed by atoms with Crippen molar-refractivity contribution in [2.24, 2.45) is 0 Å². The molecule has 21 heavy (non-hydrogen) atoms. The highest BCUT2D eigenvalue weighted by Gasteiger charge is 2.02. The molecule has 0 amide bonds. The Hall–Kier alpha value is -0.0200. The van der Waals surface area contributed by atoms with Gasteiger partial charge in [-0.25, -0.2) is 0 Å². The summed E-state index contributed by atoms with van der Waals surface area (Å²) in [6.07, 6.45) is 13.9. The molecule has 120 valence electrons. The van der Waals surface area contributed by atoms with Crippen LogP contribution in [0.1, 0.15) is 71.1 Å². The summed E-state index contributed by atoms with van der Waals surface area (Å²) in [5.74, 6) is 0. The van der Waals surface area contributed by atoms with Crippen LogP contribution in [0.4, 0.5) is 5.69 Å². The standard InChI is InChI=1S/C18H29Br2N/c1-2-3-4-5-6-7-8-9-10-11-15-21-18-16(19)13-12-14-17(18)20/h12-14,21H,2-11,15H2,1H3. The van der Waals surface area contributed by atoms with E-state index in [1.54, 1.807) is 0 Å². The molecule has 0 atom stereocenters. The lowest BCUT2D eigenvalue weighted by molar-refractivity contribution is 0.560. The van der Waals surface area contributed by atoms with Gasteiger partial charge in [-0.3, -0.25) is 0 Å². The van der Waals surface area contributed by atoms with E-state index < -0.39 is 0 Å². The van der Waals surface area contributed by atoms with Gasteiger partial charge in [-0.15, -0.1) is 0 Å². The predicted octanol–water partition coefficient (Wildman–Crippen LogP) is 7.54. The van der Waals surface area contributed by atoms with Crippen molar-refractivity contribution in [3.05, 3.63) is 27.1 Å². The van der Waals surface area contributed by atoms with E-state index in [9.17, 15) is 0 Å². The molecule has 1 N–H and O–H groups in total. The van der Waals surface area contributed by atoms with Gasteiger partial charge in [0.1, 0.15) is 0 Å². The minimum atomic E-state index is 1.05. The van der Waals surface area contributed by atoms with Gasteiger partial charge in [-0.1, -0.05) is 70.8 Å². The summed E-state index contributed by atoms with van der Waals surface area (Å²) in [7, 11) is 0. The number of para-hydroxylation sites is 1. The van der Waals surface area contributed by atoms with Gasteiger partial charge < -0.3 is 5.32 Å². The Morgan fingerprint density at radius 2 is 1.24 bits per heavy atom. The number of rotatable bonds is 12. The minimum absolute atomic E-state index is 1.05. The van der Waals surface area contributed by atoms with E-state index in [-0.39, 0.29) is 0 Å². The summed E-state index contributed by atoms with van der Waals surface area (Å²) >= 11 is 7.17. The Kier molecular flexibility index (Phi) is 11.3. The number of unbranched alkanes of at least 4 members (excludes halogenated alkanes) is 9. The lowest BCUT2D eigenvalue weighted by atomic mass is 10.1. The topological polar surface area (TPSA) is 12.0 Å². The van der Waals surface area contributed by atoms with Gasteiger partial charge in [-0.2, -0.15) is 0 Å². The van der Waals surface area contributed by atoms with E-state index in [0.29, 0.717) is 0 Å². The number of hydrogen-bond acceptors (Lipinski definition) is 1. The second kappa shape index (κ2) is 12.5. The van der Waals surface area contributed by atoms with Gasteiger partial charge in [0.2, 0.25) is 0 Å². The molecule has 0 spiro atoms. The third kappa shape index (κ3) is 8.87. The first-order valence-electron chi connectivity index (χ1n) is 8.43. The lowest BCUT2D eigenvalue weighted by Gasteiger charge is -2.10. The number of nitrogens with one attached hydrogen (secondary N) is 1. The van der Waals surface area contributed by atoms with E-state index in [0.717, 1.165) is 15.5 Å². The first-order chi connectivity index (χ1) is 10.3. The zero-order valence-corrected chi connectivity index (χ0v) is 16.4. The summed E-state index contributed by atoms with van der Waals surface area (Å²) in [6.45, 7) is 3.33. The quantitative estimate of drug-likeness (QED) is 0.345. The molecule has 1 aromatic rings. The lowest BCUT2D eigenvalue weighted by Crippen LogP contribution is -2.02. The highest BCUT2D eigenvalue weighted by molar-refractivity contribution is 9.11. The highest BCUT2D eigenvalue weighted by atomic mass is 79.9. The first kappa shape index (κ1) is 19.0. The van der Waals surface area contributed by atoms with Crippen LogP contribution in [0.5, 0.6) is 0 Å². The summed E-state index contributed by atoms with van der Waals surface area (Å²) in [4.78, 5) is 0. The summed E-state index contributed by atoms with van der Waals surface area (Å²) in [6, 6.07) is 6.19. The fraction of sp³-hybridized carbons (Fsp3) is 0.667. The molecule has 1 nitrogen and oxygen atoms in total. The average molecular weight is 419 g/mol. The molecule has 0 aliphatic carbocycles. The molecular weight excluding hydrogens is 390 g/mol. The number of hydrogen-bond donors (Lipinski definition) is 1. The molecule has 0 aliphatic heterocycles. The van der Waals surface area contributed by atoms with Crippen molar-refractivity contribution in [3.63, 3.8) is 0 Å². The van der Waals surface area contributed by atoms with Crippen molar-refractivity contribution in [2.45, 2.75) is 71.1 Å². The van der Waals surface area contributed by atoms with Crippen LogP contribution in [0.15, 0.2) is 27.1 Å². The fourth-order valence-electron chi connectivity index (χ4n) is 2.49. The van der Waals surface area contributed by atoms with Crippen molar-refractivity contribution < 1.29 is 0 Å². The fourth-order valence-corrected chi connectivity index (χ4v) is 3.77. The third-order valence-electron chi connectivity index (χ3n) is 3.79. The number of halogens is 2. The van der Waals surface area contributed by atoms with Gasteiger partial charge in [-0.05, 0) is 50.4 Å². The van der Waals surface area contributed by atoms with Crippen molar-refractivity contribution in [3.8, 4) is 0 Å². The summed E-state index contributed by atoms with van der Waals surface area (Å²) in [5.41, 5.74) is 1.17. The molecule has 0 fully saturated rings. The Morgan fingerprint density at radius 1 is 0.762 bits per heavy atom. The molecule has 0 aliphatic rings. The Morgan fingerprint density at radius 3 is 1.76 bits per heavy atom. The maximum atomic E-state index is 3.58. The Labute approximate surface area is 147 Å². The van der Waals surface area contributed by atoms with Crippen LogP contribution < -0.4 is 5.32 Å². The van der Waals surface area contributed by atoms with E-state index in [1.807, 2.05) is 6.07 Å². The zero-order valence-electron chi connectivity index (χ0n) is 13.3. The molecule has 1 aromatic carbocycles. The molecule has 0 saturated heterocycles. The van der Waals surface area contributed by atoms with Crippen LogP contribution in [0, 0.1) is 0 Å². The highest BCUT2D eigenvalue weighted by Crippen LogP contribution is 2.30. The maximum absolute atomic E-state index is 3.58. The van der Waals surface area contributed by atoms with Crippen LogP contribution in [0.25, 0.3) is 0 Å². The average Bonchev–Trinajstić information content (AvgIpc) is 2.47. The molecule has 0 radical (unpaired) electrons. The molecule has 1 rings (SSSR count). The van der Waals surface area contributed by atoms with Crippen LogP contribution >= 0.6 is 31.9 Å². The second-order valence-electron chi connectivity index (χ2n) is 5.71. The van der Waals surface area contributed by atoms with Gasteiger partial charge in [0.05, 0.1) is 5.69 Å². The van der Waals surface area contributed by atoms with E-state index in [2.05, 4.69) is 56.2 Å². The van der Waals surface area contributed by atoms with Crippen molar-refractivity contribution >= 4 is 37.5 Å². The molecular formula is C18H29Br2N. The van der Waals surface area contributed by atoms with Crippen LogP contribution in [-0.2, 0) is 0 Å². The molecule has 0 aromatic heterocycles. The van der Waals surface area contributed by atoms with E-state index >= 15 is 0 Å². The molecule has 0 bridgehead atoms. The normalized spacial score (nSPS) is 10.8. The summed E-state index contributed by atoms with van der Waals surface area (Å²) < 4.78 is 2.26. The van der Waals surface area contributed by atoms with Gasteiger partial charge in [0.25, 0.3) is 0 Å². The van der Waals surface area contributed by atoms with Crippen LogP contribution in [-0.4, -0.2) is 6.54 Å². The Balaban J connectivity index is 1.95. The molecule has 3 heteroatoms. The predicted molar refractivity (Wildman–Crippen MR) is 102 cm³/mol.